The average Bonchev–Trinajstić information content (AvgIpc) is 1.25. The molecular formula is LaN2O6Sr. The summed E-state index contributed by atoms with van der Waals surface area (Å²) >= 11 is 0. The molecule has 0 saturated heterocycles. The van der Waals surface area contributed by atoms with Crippen LogP contribution in [-0.2, 0) is 0 Å². The van der Waals surface area contributed by atoms with Crippen LogP contribution in [0.25, 0.3) is 0 Å². The number of rotatable bonds is 0. The maximum Gasteiger partial charge on any atom is 2.00 e. The van der Waals surface area contributed by atoms with Crippen molar-refractivity contribution >= 4 is 45.5 Å². The molecule has 0 aromatic heterocycles. The van der Waals surface area contributed by atoms with E-state index in [0.717, 1.165) is 0 Å². The minimum atomic E-state index is -1.75. The first kappa shape index (κ1) is 22.5. The maximum absolute atomic E-state index is 8.25. The summed E-state index contributed by atoms with van der Waals surface area (Å²) in [5, 5.41) is 29.5. The Bertz CT molecular complexity index is 73.7. The van der Waals surface area contributed by atoms with Crippen molar-refractivity contribution in [3.05, 3.63) is 30.6 Å². The molecule has 0 spiro atoms. The predicted molar refractivity (Wildman–Crippen MR) is 26.5 cm³/mol. The van der Waals surface area contributed by atoms with Crippen LogP contribution in [0.4, 0.5) is 0 Å². The van der Waals surface area contributed by atoms with Crippen molar-refractivity contribution in [3.63, 3.8) is 0 Å². The van der Waals surface area contributed by atoms with Crippen LogP contribution in [-0.4, -0.2) is 55.7 Å². The van der Waals surface area contributed by atoms with Gasteiger partial charge in [0.05, 0.1) is 10.2 Å². The molecule has 0 amide bonds. The van der Waals surface area contributed by atoms with E-state index in [9.17, 15) is 0 Å². The summed E-state index contributed by atoms with van der Waals surface area (Å²) in [7, 11) is 0. The molecule has 0 aliphatic heterocycles. The average molecular weight is 351 g/mol. The Labute approximate surface area is 120 Å². The monoisotopic (exact) mass is 351 g/mol. The van der Waals surface area contributed by atoms with E-state index in [0.29, 0.717) is 0 Å². The Hall–Kier alpha value is 1.08. The molecule has 1 radical (unpaired) electrons. The molecule has 0 atom stereocenters. The maximum atomic E-state index is 8.25. The van der Waals surface area contributed by atoms with Gasteiger partial charge in [0.1, 0.15) is 0 Å². The molecule has 0 unspecified atom stereocenters. The quantitative estimate of drug-likeness (QED) is 0.317. The van der Waals surface area contributed by atoms with Crippen molar-refractivity contribution in [2.24, 2.45) is 0 Å². The SMILES string of the molecule is O=[N+]([O-])[O-].O=[N+]([O-])[O-].[La].[Sr+2]. The summed E-state index contributed by atoms with van der Waals surface area (Å²) in [5.41, 5.74) is 0. The summed E-state index contributed by atoms with van der Waals surface area (Å²) in [6.45, 7) is 0. The summed E-state index contributed by atoms with van der Waals surface area (Å²) in [6, 6.07) is 0. The largest absolute Gasteiger partial charge is 2.00 e. The van der Waals surface area contributed by atoms with Crippen molar-refractivity contribution < 1.29 is 45.8 Å². The second-order valence-corrected chi connectivity index (χ2v) is 0.447. The van der Waals surface area contributed by atoms with Crippen molar-refractivity contribution in [3.8, 4) is 0 Å². The topological polar surface area (TPSA) is 132 Å². The smallest absolute Gasteiger partial charge is 0.356 e. The molecule has 10 heteroatoms. The Morgan fingerprint density at radius 2 is 0.800 bits per heavy atom. The third-order valence-corrected chi connectivity index (χ3v) is 0. The molecule has 0 bridgehead atoms. The molecule has 51 valence electrons. The van der Waals surface area contributed by atoms with Gasteiger partial charge in [-0.3, -0.25) is 0 Å². The Morgan fingerprint density at radius 1 is 0.800 bits per heavy atom. The van der Waals surface area contributed by atoms with Gasteiger partial charge in [-0.1, -0.05) is 0 Å². The summed E-state index contributed by atoms with van der Waals surface area (Å²) in [6.07, 6.45) is 0. The Kier molecular flexibility index (Phi) is 37.2. The van der Waals surface area contributed by atoms with Gasteiger partial charge < -0.3 is 30.6 Å². The molecule has 0 saturated carbocycles. The Morgan fingerprint density at radius 3 is 0.800 bits per heavy atom. The van der Waals surface area contributed by atoms with Gasteiger partial charge in [-0.25, -0.2) is 0 Å². The van der Waals surface area contributed by atoms with Crippen molar-refractivity contribution in [1.82, 2.24) is 0 Å². The minimum Gasteiger partial charge on any atom is -0.356 e. The summed E-state index contributed by atoms with van der Waals surface area (Å²) in [4.78, 5) is 16.5. The third kappa shape index (κ3) is 512. The minimum absolute atomic E-state index is 0. The fourth-order valence-corrected chi connectivity index (χ4v) is 0. The molecule has 0 aliphatic rings. The molecule has 0 heterocycles. The van der Waals surface area contributed by atoms with E-state index in [1.165, 1.54) is 0 Å². The molecule has 0 N–H and O–H groups in total. The molecule has 10 heavy (non-hydrogen) atoms. The Balaban J connectivity index is -0.0000000300. The first-order valence-electron chi connectivity index (χ1n) is 1.10. The van der Waals surface area contributed by atoms with Crippen LogP contribution in [0.15, 0.2) is 0 Å². The van der Waals surface area contributed by atoms with Crippen LogP contribution < -0.4 is 0 Å². The van der Waals surface area contributed by atoms with E-state index in [1.54, 1.807) is 0 Å². The zero-order valence-electron chi connectivity index (χ0n) is 4.63. The first-order valence-corrected chi connectivity index (χ1v) is 1.10. The van der Waals surface area contributed by atoms with Crippen LogP contribution in [0.3, 0.4) is 0 Å². The number of hydrogen-bond acceptors (Lipinski definition) is 6. The fraction of sp³-hybridized carbons (Fsp3) is 0. The van der Waals surface area contributed by atoms with Crippen molar-refractivity contribution in [1.29, 1.82) is 0 Å². The van der Waals surface area contributed by atoms with Gasteiger partial charge in [0.2, 0.25) is 0 Å². The van der Waals surface area contributed by atoms with Gasteiger partial charge in [0.15, 0.2) is 0 Å². The van der Waals surface area contributed by atoms with Crippen LogP contribution >= 0.6 is 0 Å². The molecule has 0 aromatic carbocycles. The molecule has 0 aliphatic carbocycles. The fourth-order valence-electron chi connectivity index (χ4n) is 0. The second kappa shape index (κ2) is 16.6. The van der Waals surface area contributed by atoms with Gasteiger partial charge in [-0.15, -0.1) is 0 Å². The van der Waals surface area contributed by atoms with Crippen molar-refractivity contribution in [2.75, 3.05) is 0 Å². The van der Waals surface area contributed by atoms with Gasteiger partial charge in [-0.05, 0) is 0 Å². The van der Waals surface area contributed by atoms with E-state index in [2.05, 4.69) is 0 Å². The van der Waals surface area contributed by atoms with E-state index in [-0.39, 0.29) is 81.1 Å². The van der Waals surface area contributed by atoms with Crippen molar-refractivity contribution in [2.45, 2.75) is 0 Å². The number of hydrogen-bond donors (Lipinski definition) is 0. The second-order valence-electron chi connectivity index (χ2n) is 0.447. The molecule has 0 fully saturated rings. The molecule has 8 nitrogen and oxygen atoms in total. The van der Waals surface area contributed by atoms with E-state index >= 15 is 0 Å². The van der Waals surface area contributed by atoms with Gasteiger partial charge in [-0.2, -0.15) is 0 Å². The van der Waals surface area contributed by atoms with Crippen LogP contribution in [0.1, 0.15) is 0 Å². The van der Waals surface area contributed by atoms with Crippen LogP contribution in [0.5, 0.6) is 0 Å². The third-order valence-electron chi connectivity index (χ3n) is 0. The van der Waals surface area contributed by atoms with Crippen LogP contribution in [0, 0.1) is 66.2 Å². The summed E-state index contributed by atoms with van der Waals surface area (Å²) in [5.74, 6) is 0. The van der Waals surface area contributed by atoms with Gasteiger partial charge >= 0.3 is 45.5 Å². The van der Waals surface area contributed by atoms with Gasteiger partial charge in [0, 0.05) is 35.6 Å². The van der Waals surface area contributed by atoms with Crippen LogP contribution in [0.2, 0.25) is 0 Å². The number of nitrogens with zero attached hydrogens (tertiary/aromatic N) is 2. The standard InChI is InChI=1S/La.2NO3.Sr/c;2*2-1(3)4;/q;2*-1;+2. The van der Waals surface area contributed by atoms with E-state index in [4.69, 9.17) is 30.6 Å². The van der Waals surface area contributed by atoms with Gasteiger partial charge in [0.25, 0.3) is 0 Å². The molecule has 0 rings (SSSR count). The zero-order chi connectivity index (χ0) is 7.15. The normalized spacial score (nSPS) is 4.80. The predicted octanol–water partition coefficient (Wildman–Crippen LogP) is -0.859. The molecule has 0 aromatic rings. The zero-order valence-corrected chi connectivity index (χ0v) is 11.7. The first-order chi connectivity index (χ1) is 3.46. The summed E-state index contributed by atoms with van der Waals surface area (Å²) < 4.78 is 0. The van der Waals surface area contributed by atoms with E-state index in [1.807, 2.05) is 0 Å². The van der Waals surface area contributed by atoms with E-state index < -0.39 is 10.2 Å². The molecular weight excluding hydrogens is 351 g/mol.